The molecule has 1 aliphatic heterocycles. The van der Waals surface area contributed by atoms with Crippen LogP contribution in [0.25, 0.3) is 0 Å². The van der Waals surface area contributed by atoms with Crippen LogP contribution < -0.4 is 5.73 Å². The van der Waals surface area contributed by atoms with Gasteiger partial charge in [-0.15, -0.1) is 0 Å². The molecule has 2 N–H and O–H groups in total. The number of aryl methyl sites for hydroxylation is 1. The summed E-state index contributed by atoms with van der Waals surface area (Å²) in [6, 6.07) is 4.50. The number of nitrogens with two attached hydrogens (primary N) is 1. The normalized spacial score (nSPS) is 16.9. The van der Waals surface area contributed by atoms with Crippen LogP contribution >= 0.6 is 0 Å². The van der Waals surface area contributed by atoms with Gasteiger partial charge in [-0.1, -0.05) is 6.07 Å². The van der Waals surface area contributed by atoms with Gasteiger partial charge in [-0.2, -0.15) is 4.31 Å². The molecule has 98 valence electrons. The first-order chi connectivity index (χ1) is 8.43. The minimum Gasteiger partial charge on any atom is -0.366 e. The van der Waals surface area contributed by atoms with Crippen molar-refractivity contribution < 1.29 is 13.2 Å². The molecule has 0 bridgehead atoms. The van der Waals surface area contributed by atoms with Gasteiger partial charge in [0.25, 0.3) is 0 Å². The van der Waals surface area contributed by atoms with Gasteiger partial charge in [-0.3, -0.25) is 4.79 Å². The number of benzene rings is 1. The Morgan fingerprint density at radius 2 is 1.89 bits per heavy atom. The number of carbonyl (C=O) groups excluding carboxylic acids is 1. The lowest BCUT2D eigenvalue weighted by molar-refractivity contribution is 0.0999. The molecule has 0 aliphatic carbocycles. The Hall–Kier alpha value is -1.40. The molecular formula is C12H16N2O3S. The second kappa shape index (κ2) is 4.70. The van der Waals surface area contributed by atoms with Gasteiger partial charge < -0.3 is 5.73 Å². The fraction of sp³-hybridized carbons (Fsp3) is 0.417. The first-order valence-electron chi connectivity index (χ1n) is 5.83. The van der Waals surface area contributed by atoms with E-state index in [1.54, 1.807) is 13.0 Å². The zero-order valence-electron chi connectivity index (χ0n) is 10.2. The number of carbonyl (C=O) groups is 1. The third-order valence-corrected chi connectivity index (χ3v) is 5.07. The van der Waals surface area contributed by atoms with E-state index in [2.05, 4.69) is 0 Å². The molecule has 1 aromatic rings. The Morgan fingerprint density at radius 1 is 1.28 bits per heavy atom. The molecule has 1 saturated heterocycles. The van der Waals surface area contributed by atoms with Crippen LogP contribution in [0.2, 0.25) is 0 Å². The Kier molecular flexibility index (Phi) is 3.41. The summed E-state index contributed by atoms with van der Waals surface area (Å²) in [5, 5.41) is 0. The van der Waals surface area contributed by atoms with Gasteiger partial charge in [0, 0.05) is 18.7 Å². The highest BCUT2D eigenvalue weighted by atomic mass is 32.2. The summed E-state index contributed by atoms with van der Waals surface area (Å²) in [6.07, 6.45) is 1.77. The topological polar surface area (TPSA) is 80.5 Å². The second-order valence-corrected chi connectivity index (χ2v) is 6.39. The fourth-order valence-electron chi connectivity index (χ4n) is 2.10. The van der Waals surface area contributed by atoms with Gasteiger partial charge in [-0.05, 0) is 37.5 Å². The highest BCUT2D eigenvalue weighted by Gasteiger charge is 2.27. The van der Waals surface area contributed by atoms with Crippen molar-refractivity contribution in [2.24, 2.45) is 5.73 Å². The molecule has 0 atom stereocenters. The van der Waals surface area contributed by atoms with Crippen molar-refractivity contribution >= 4 is 15.9 Å². The van der Waals surface area contributed by atoms with Crippen LogP contribution in [-0.4, -0.2) is 31.7 Å². The highest BCUT2D eigenvalue weighted by molar-refractivity contribution is 7.89. The van der Waals surface area contributed by atoms with Crippen molar-refractivity contribution in [3.8, 4) is 0 Å². The van der Waals surface area contributed by atoms with Crippen LogP contribution in [0.3, 0.4) is 0 Å². The van der Waals surface area contributed by atoms with Crippen LogP contribution in [0, 0.1) is 6.92 Å². The van der Waals surface area contributed by atoms with Crippen LogP contribution in [0.4, 0.5) is 0 Å². The van der Waals surface area contributed by atoms with E-state index in [-0.39, 0.29) is 10.5 Å². The van der Waals surface area contributed by atoms with Crippen molar-refractivity contribution in [1.29, 1.82) is 0 Å². The molecule has 0 radical (unpaired) electrons. The summed E-state index contributed by atoms with van der Waals surface area (Å²) in [5.41, 5.74) is 6.18. The minimum absolute atomic E-state index is 0.142. The van der Waals surface area contributed by atoms with E-state index in [0.29, 0.717) is 18.7 Å². The molecule has 1 fully saturated rings. The minimum atomic E-state index is -3.49. The number of nitrogens with zero attached hydrogens (tertiary/aromatic N) is 1. The average Bonchev–Trinajstić information content (AvgIpc) is 2.82. The summed E-state index contributed by atoms with van der Waals surface area (Å²) in [5.74, 6) is -0.606. The molecule has 1 heterocycles. The first-order valence-corrected chi connectivity index (χ1v) is 7.27. The number of amides is 1. The average molecular weight is 268 g/mol. The standard InChI is InChI=1S/C12H16N2O3S/c1-9-4-5-10(8-11(9)12(13)15)18(16,17)14-6-2-3-7-14/h4-5,8H,2-3,6-7H2,1H3,(H2,13,15). The van der Waals surface area contributed by atoms with E-state index in [4.69, 9.17) is 5.73 Å². The number of hydrogen-bond donors (Lipinski definition) is 1. The van der Waals surface area contributed by atoms with Crippen molar-refractivity contribution in [3.05, 3.63) is 29.3 Å². The van der Waals surface area contributed by atoms with Crippen molar-refractivity contribution in [3.63, 3.8) is 0 Å². The Bertz CT molecular complexity index is 575. The van der Waals surface area contributed by atoms with Crippen LogP contribution in [-0.2, 0) is 10.0 Å². The van der Waals surface area contributed by atoms with Gasteiger partial charge in [0.05, 0.1) is 4.90 Å². The molecule has 0 unspecified atom stereocenters. The zero-order valence-corrected chi connectivity index (χ0v) is 11.0. The maximum absolute atomic E-state index is 12.3. The van der Waals surface area contributed by atoms with Gasteiger partial charge in [-0.25, -0.2) is 8.42 Å². The monoisotopic (exact) mass is 268 g/mol. The van der Waals surface area contributed by atoms with E-state index in [1.165, 1.54) is 16.4 Å². The third kappa shape index (κ3) is 2.26. The zero-order chi connectivity index (χ0) is 13.3. The van der Waals surface area contributed by atoms with Crippen LogP contribution in [0.5, 0.6) is 0 Å². The quantitative estimate of drug-likeness (QED) is 0.883. The molecule has 18 heavy (non-hydrogen) atoms. The van der Waals surface area contributed by atoms with E-state index >= 15 is 0 Å². The van der Waals surface area contributed by atoms with E-state index in [9.17, 15) is 13.2 Å². The molecular weight excluding hydrogens is 252 g/mol. The number of sulfonamides is 1. The number of primary amides is 1. The molecule has 0 spiro atoms. The van der Waals surface area contributed by atoms with E-state index < -0.39 is 15.9 Å². The van der Waals surface area contributed by atoms with Crippen molar-refractivity contribution in [2.75, 3.05) is 13.1 Å². The summed E-state index contributed by atoms with van der Waals surface area (Å²) < 4.78 is 26.0. The first kappa shape index (κ1) is 13.0. The molecule has 5 nitrogen and oxygen atoms in total. The lowest BCUT2D eigenvalue weighted by Gasteiger charge is -2.16. The SMILES string of the molecule is Cc1ccc(S(=O)(=O)N2CCCC2)cc1C(N)=O. The molecule has 1 aromatic carbocycles. The molecule has 0 aromatic heterocycles. The molecule has 6 heteroatoms. The van der Waals surface area contributed by atoms with Crippen molar-refractivity contribution in [2.45, 2.75) is 24.7 Å². The number of hydrogen-bond acceptors (Lipinski definition) is 3. The maximum Gasteiger partial charge on any atom is 0.249 e. The summed E-state index contributed by atoms with van der Waals surface area (Å²) in [7, 11) is -3.49. The van der Waals surface area contributed by atoms with Crippen molar-refractivity contribution in [1.82, 2.24) is 4.31 Å². The van der Waals surface area contributed by atoms with E-state index in [0.717, 1.165) is 12.8 Å². The highest BCUT2D eigenvalue weighted by Crippen LogP contribution is 2.22. The molecule has 0 saturated carbocycles. The smallest absolute Gasteiger partial charge is 0.249 e. The Balaban J connectivity index is 2.45. The predicted octanol–water partition coefficient (Wildman–Crippen LogP) is 0.878. The summed E-state index contributed by atoms with van der Waals surface area (Å²) in [4.78, 5) is 11.4. The largest absolute Gasteiger partial charge is 0.366 e. The Labute approximate surface area is 107 Å². The van der Waals surface area contributed by atoms with Crippen LogP contribution in [0.15, 0.2) is 23.1 Å². The van der Waals surface area contributed by atoms with E-state index in [1.807, 2.05) is 0 Å². The van der Waals surface area contributed by atoms with Gasteiger partial charge >= 0.3 is 0 Å². The number of rotatable bonds is 3. The predicted molar refractivity (Wildman–Crippen MR) is 67.7 cm³/mol. The molecule has 1 aliphatic rings. The molecule has 1 amide bonds. The van der Waals surface area contributed by atoms with Crippen LogP contribution in [0.1, 0.15) is 28.8 Å². The lowest BCUT2D eigenvalue weighted by atomic mass is 10.1. The summed E-state index contributed by atoms with van der Waals surface area (Å²) >= 11 is 0. The third-order valence-electron chi connectivity index (χ3n) is 3.18. The summed E-state index contributed by atoms with van der Waals surface area (Å²) in [6.45, 7) is 2.82. The van der Waals surface area contributed by atoms with Gasteiger partial charge in [0.15, 0.2) is 0 Å². The molecule has 2 rings (SSSR count). The maximum atomic E-state index is 12.3. The van der Waals surface area contributed by atoms with Gasteiger partial charge in [0.2, 0.25) is 15.9 Å². The lowest BCUT2D eigenvalue weighted by Crippen LogP contribution is -2.28. The fourth-order valence-corrected chi connectivity index (χ4v) is 3.65. The second-order valence-electron chi connectivity index (χ2n) is 4.45. The van der Waals surface area contributed by atoms with Gasteiger partial charge in [0.1, 0.15) is 0 Å². The Morgan fingerprint density at radius 3 is 2.44 bits per heavy atom.